The Morgan fingerprint density at radius 3 is 2.81 bits per heavy atom. The fourth-order valence-corrected chi connectivity index (χ4v) is 5.34. The Balaban J connectivity index is 1.24. The highest BCUT2D eigenvalue weighted by Crippen LogP contribution is 2.39. The molecule has 4 nitrogen and oxygen atoms in total. The van der Waals surface area contributed by atoms with E-state index in [1.54, 1.807) is 12.4 Å². The molecule has 0 aliphatic carbocycles. The van der Waals surface area contributed by atoms with Gasteiger partial charge in [-0.3, -0.25) is 9.88 Å². The van der Waals surface area contributed by atoms with Gasteiger partial charge in [-0.2, -0.15) is 0 Å². The van der Waals surface area contributed by atoms with Crippen molar-refractivity contribution < 1.29 is 9.47 Å². The van der Waals surface area contributed by atoms with Crippen LogP contribution in [0.25, 0.3) is 0 Å². The molecule has 4 heterocycles. The first kappa shape index (κ1) is 18.9. The summed E-state index contributed by atoms with van der Waals surface area (Å²) in [6, 6.07) is 6.08. The lowest BCUT2D eigenvalue weighted by atomic mass is 9.78. The van der Waals surface area contributed by atoms with Crippen LogP contribution in [0.1, 0.15) is 42.5 Å². The fourth-order valence-electron chi connectivity index (χ4n) is 4.39. The van der Waals surface area contributed by atoms with E-state index in [0.717, 1.165) is 45.0 Å². The highest BCUT2D eigenvalue weighted by atomic mass is 32.1. The monoisotopic (exact) mass is 386 g/mol. The van der Waals surface area contributed by atoms with Crippen LogP contribution in [-0.2, 0) is 11.3 Å². The highest BCUT2D eigenvalue weighted by molar-refractivity contribution is 7.10. The molecule has 1 spiro atoms. The maximum absolute atomic E-state index is 6.34. The normalized spacial score (nSPS) is 22.8. The summed E-state index contributed by atoms with van der Waals surface area (Å²) < 4.78 is 12.2. The first-order chi connectivity index (χ1) is 13.2. The summed E-state index contributed by atoms with van der Waals surface area (Å²) >= 11 is 1.89. The van der Waals surface area contributed by atoms with E-state index < -0.39 is 0 Å². The van der Waals surface area contributed by atoms with Crippen molar-refractivity contribution in [2.75, 3.05) is 26.3 Å². The molecule has 0 radical (unpaired) electrons. The molecule has 27 heavy (non-hydrogen) atoms. The van der Waals surface area contributed by atoms with Crippen molar-refractivity contribution >= 4 is 11.3 Å². The highest BCUT2D eigenvalue weighted by Gasteiger charge is 2.40. The van der Waals surface area contributed by atoms with Crippen molar-refractivity contribution in [2.24, 2.45) is 5.92 Å². The zero-order chi connectivity index (χ0) is 18.5. The van der Waals surface area contributed by atoms with E-state index >= 15 is 0 Å². The van der Waals surface area contributed by atoms with Crippen LogP contribution in [0.15, 0.2) is 36.0 Å². The van der Waals surface area contributed by atoms with Gasteiger partial charge in [0.1, 0.15) is 5.75 Å². The van der Waals surface area contributed by atoms with E-state index in [1.165, 1.54) is 36.1 Å². The van der Waals surface area contributed by atoms with Crippen molar-refractivity contribution in [3.63, 3.8) is 0 Å². The third-order valence-corrected chi connectivity index (χ3v) is 7.15. The van der Waals surface area contributed by atoms with Crippen molar-refractivity contribution in [3.8, 4) is 5.75 Å². The quantitative estimate of drug-likeness (QED) is 0.722. The Bertz CT molecular complexity index is 710. The number of nitrogens with zero attached hydrogens (tertiary/aromatic N) is 2. The number of pyridine rings is 1. The summed E-state index contributed by atoms with van der Waals surface area (Å²) in [7, 11) is 0. The smallest absolute Gasteiger partial charge is 0.122 e. The van der Waals surface area contributed by atoms with Crippen molar-refractivity contribution in [1.82, 2.24) is 9.88 Å². The topological polar surface area (TPSA) is 34.6 Å². The summed E-state index contributed by atoms with van der Waals surface area (Å²) in [6.45, 7) is 7.32. The summed E-state index contributed by atoms with van der Waals surface area (Å²) in [5.41, 5.74) is 1.55. The third-order valence-electron chi connectivity index (χ3n) is 6.14. The minimum atomic E-state index is 0.112. The van der Waals surface area contributed by atoms with Crippen molar-refractivity contribution in [3.05, 3.63) is 46.4 Å². The van der Waals surface area contributed by atoms with Crippen LogP contribution in [0, 0.1) is 12.8 Å². The molecule has 2 aliphatic rings. The zero-order valence-corrected chi connectivity index (χ0v) is 17.0. The molecule has 0 bridgehead atoms. The van der Waals surface area contributed by atoms with Crippen molar-refractivity contribution in [1.29, 1.82) is 0 Å². The molecule has 2 aliphatic heterocycles. The molecular weight excluding hydrogens is 356 g/mol. The van der Waals surface area contributed by atoms with Gasteiger partial charge in [0.2, 0.25) is 0 Å². The van der Waals surface area contributed by atoms with E-state index in [1.807, 2.05) is 23.5 Å². The van der Waals surface area contributed by atoms with Crippen LogP contribution in [0.5, 0.6) is 5.75 Å². The largest absolute Gasteiger partial charge is 0.493 e. The lowest BCUT2D eigenvalue weighted by molar-refractivity contribution is -0.129. The summed E-state index contributed by atoms with van der Waals surface area (Å²) in [4.78, 5) is 8.15. The summed E-state index contributed by atoms with van der Waals surface area (Å²) in [5, 5.41) is 2.21. The summed E-state index contributed by atoms with van der Waals surface area (Å²) in [6.07, 6.45) is 9.37. The first-order valence-corrected chi connectivity index (χ1v) is 11.0. The Kier molecular flexibility index (Phi) is 6.11. The molecule has 0 aromatic carbocycles. The number of aromatic nitrogens is 1. The molecule has 2 fully saturated rings. The number of thiophene rings is 1. The number of aryl methyl sites for hydroxylation is 1. The second-order valence-corrected chi connectivity index (χ2v) is 9.01. The van der Waals surface area contributed by atoms with Gasteiger partial charge in [0.25, 0.3) is 0 Å². The lowest BCUT2D eigenvalue weighted by Gasteiger charge is -2.46. The molecule has 2 aromatic heterocycles. The van der Waals surface area contributed by atoms with Gasteiger partial charge in [0.15, 0.2) is 0 Å². The van der Waals surface area contributed by atoms with E-state index in [2.05, 4.69) is 28.3 Å². The van der Waals surface area contributed by atoms with E-state index in [0.29, 0.717) is 5.92 Å². The van der Waals surface area contributed by atoms with E-state index in [-0.39, 0.29) is 5.60 Å². The average molecular weight is 387 g/mol. The molecule has 1 unspecified atom stereocenters. The minimum Gasteiger partial charge on any atom is -0.493 e. The first-order valence-electron chi connectivity index (χ1n) is 10.1. The Hall–Kier alpha value is -1.43. The molecule has 0 amide bonds. The van der Waals surface area contributed by atoms with Gasteiger partial charge < -0.3 is 9.47 Å². The number of piperidine rings is 1. The SMILES string of the molecule is Cc1ccsc1CN1CCC2(CC1)CC(CCOc1ccncc1)CCO2. The second kappa shape index (κ2) is 8.72. The van der Waals surface area contributed by atoms with Gasteiger partial charge in [0.05, 0.1) is 12.2 Å². The predicted octanol–water partition coefficient (Wildman–Crippen LogP) is 4.68. The molecule has 0 N–H and O–H groups in total. The van der Waals surface area contributed by atoms with Gasteiger partial charge in [0, 0.05) is 43.5 Å². The molecule has 2 saturated heterocycles. The number of hydrogen-bond donors (Lipinski definition) is 0. The number of hydrogen-bond acceptors (Lipinski definition) is 5. The van der Waals surface area contributed by atoms with Gasteiger partial charge in [-0.05, 0) is 74.1 Å². The molecule has 2 aromatic rings. The maximum Gasteiger partial charge on any atom is 0.122 e. The third kappa shape index (κ3) is 4.89. The number of ether oxygens (including phenoxy) is 2. The van der Waals surface area contributed by atoms with Crippen LogP contribution in [0.3, 0.4) is 0 Å². The Labute approximate surface area is 166 Å². The van der Waals surface area contributed by atoms with Crippen molar-refractivity contribution in [2.45, 2.75) is 51.2 Å². The molecular formula is C22H30N2O2S. The van der Waals surface area contributed by atoms with Gasteiger partial charge >= 0.3 is 0 Å². The number of likely N-dealkylation sites (tertiary alicyclic amines) is 1. The van der Waals surface area contributed by atoms with E-state index in [4.69, 9.17) is 9.47 Å². The zero-order valence-electron chi connectivity index (χ0n) is 16.2. The molecule has 0 saturated carbocycles. The summed E-state index contributed by atoms with van der Waals surface area (Å²) in [5.74, 6) is 1.63. The molecule has 146 valence electrons. The van der Waals surface area contributed by atoms with Gasteiger partial charge in [-0.1, -0.05) is 0 Å². The average Bonchev–Trinajstić information content (AvgIpc) is 3.10. The van der Waals surface area contributed by atoms with Crippen LogP contribution in [-0.4, -0.2) is 41.8 Å². The predicted molar refractivity (Wildman–Crippen MR) is 109 cm³/mol. The maximum atomic E-state index is 6.34. The lowest BCUT2D eigenvalue weighted by Crippen LogP contribution is -2.49. The van der Waals surface area contributed by atoms with Gasteiger partial charge in [-0.15, -0.1) is 11.3 Å². The second-order valence-electron chi connectivity index (χ2n) is 8.01. The molecule has 4 rings (SSSR count). The Morgan fingerprint density at radius 1 is 1.26 bits per heavy atom. The van der Waals surface area contributed by atoms with Crippen LogP contribution < -0.4 is 4.74 Å². The minimum absolute atomic E-state index is 0.112. The number of rotatable bonds is 6. The Morgan fingerprint density at radius 2 is 2.07 bits per heavy atom. The van der Waals surface area contributed by atoms with Gasteiger partial charge in [-0.25, -0.2) is 0 Å². The molecule has 1 atom stereocenters. The fraction of sp³-hybridized carbons (Fsp3) is 0.591. The van der Waals surface area contributed by atoms with Crippen LogP contribution in [0.4, 0.5) is 0 Å². The van der Waals surface area contributed by atoms with Crippen LogP contribution >= 0.6 is 11.3 Å². The molecule has 5 heteroatoms. The standard InChI is InChI=1S/C22H30N2O2S/c1-18-6-15-27-21(18)17-24-11-7-22(8-12-24)16-19(5-14-26-22)4-13-25-20-2-9-23-10-3-20/h2-3,6,9-10,15,19H,4-5,7-8,11-14,16-17H2,1H3. The van der Waals surface area contributed by atoms with E-state index in [9.17, 15) is 0 Å². The van der Waals surface area contributed by atoms with Crippen LogP contribution in [0.2, 0.25) is 0 Å².